The monoisotopic (exact) mass is 273 g/mol. The molecule has 0 aromatic carbocycles. The van der Waals surface area contributed by atoms with Crippen LogP contribution in [0.5, 0.6) is 0 Å². The van der Waals surface area contributed by atoms with Gasteiger partial charge >= 0.3 is 0 Å². The van der Waals surface area contributed by atoms with Gasteiger partial charge in [0, 0.05) is 30.2 Å². The molecule has 0 bridgehead atoms. The van der Waals surface area contributed by atoms with Crippen molar-refractivity contribution in [3.05, 3.63) is 35.4 Å². The summed E-state index contributed by atoms with van der Waals surface area (Å²) in [6.45, 7) is 2.21. The van der Waals surface area contributed by atoms with E-state index >= 15 is 0 Å². The summed E-state index contributed by atoms with van der Waals surface area (Å²) in [4.78, 5) is 12.1. The maximum Gasteiger partial charge on any atom is 0.242 e. The third-order valence-electron chi connectivity index (χ3n) is 3.93. The highest BCUT2D eigenvalue weighted by molar-refractivity contribution is 5.76. The second-order valence-electron chi connectivity index (χ2n) is 5.31. The van der Waals surface area contributed by atoms with Crippen LogP contribution in [0.3, 0.4) is 0 Å². The van der Waals surface area contributed by atoms with Crippen LogP contribution in [-0.2, 0) is 24.8 Å². The first kappa shape index (κ1) is 12.9. The van der Waals surface area contributed by atoms with Crippen molar-refractivity contribution in [1.29, 1.82) is 0 Å². The third kappa shape index (κ3) is 2.33. The molecular weight excluding hydrogens is 254 g/mol. The van der Waals surface area contributed by atoms with Crippen LogP contribution >= 0.6 is 0 Å². The van der Waals surface area contributed by atoms with Gasteiger partial charge in [0.25, 0.3) is 0 Å². The molecule has 0 radical (unpaired) electrons. The van der Waals surface area contributed by atoms with E-state index < -0.39 is 0 Å². The predicted molar refractivity (Wildman–Crippen MR) is 74.0 cm³/mol. The number of amides is 1. The number of aromatic nitrogens is 4. The molecule has 2 aromatic heterocycles. The van der Waals surface area contributed by atoms with Gasteiger partial charge in [0.15, 0.2) is 0 Å². The van der Waals surface area contributed by atoms with E-state index in [1.807, 2.05) is 30.9 Å². The maximum atomic E-state index is 12.1. The number of carbonyl (C=O) groups excluding carboxylic acids is 1. The zero-order valence-electron chi connectivity index (χ0n) is 11.8. The van der Waals surface area contributed by atoms with Crippen LogP contribution < -0.4 is 5.32 Å². The van der Waals surface area contributed by atoms with E-state index in [2.05, 4.69) is 15.5 Å². The van der Waals surface area contributed by atoms with Gasteiger partial charge < -0.3 is 5.32 Å². The maximum absolute atomic E-state index is 12.1. The zero-order valence-corrected chi connectivity index (χ0v) is 11.8. The summed E-state index contributed by atoms with van der Waals surface area (Å²) in [5, 5.41) is 11.5. The standard InChI is InChI=1S/C14H19N5O/c1-10-6-7-15-19(10)9-14(20)17-12-4-3-5-13-11(12)8-16-18(13)2/h6-8,12H,3-5,9H2,1-2H3,(H,17,20)/t12-/m1/s1. The molecule has 1 N–H and O–H groups in total. The summed E-state index contributed by atoms with van der Waals surface area (Å²) in [6.07, 6.45) is 6.68. The molecule has 2 heterocycles. The van der Waals surface area contributed by atoms with E-state index in [1.165, 1.54) is 5.69 Å². The molecule has 6 heteroatoms. The minimum absolute atomic E-state index is 0.00139. The second kappa shape index (κ2) is 5.11. The lowest BCUT2D eigenvalue weighted by molar-refractivity contribution is -0.122. The number of hydrogen-bond donors (Lipinski definition) is 1. The third-order valence-corrected chi connectivity index (χ3v) is 3.93. The average Bonchev–Trinajstić information content (AvgIpc) is 2.98. The second-order valence-corrected chi connectivity index (χ2v) is 5.31. The van der Waals surface area contributed by atoms with Crippen molar-refractivity contribution in [2.24, 2.45) is 7.05 Å². The molecule has 0 saturated carbocycles. The molecule has 1 amide bonds. The van der Waals surface area contributed by atoms with Crippen LogP contribution in [0.2, 0.25) is 0 Å². The van der Waals surface area contributed by atoms with E-state index in [0.29, 0.717) is 0 Å². The first-order valence-electron chi connectivity index (χ1n) is 6.93. The summed E-state index contributed by atoms with van der Waals surface area (Å²) in [6, 6.07) is 1.98. The van der Waals surface area contributed by atoms with Crippen LogP contribution in [0.1, 0.15) is 35.8 Å². The van der Waals surface area contributed by atoms with Gasteiger partial charge in [-0.25, -0.2) is 0 Å². The van der Waals surface area contributed by atoms with Gasteiger partial charge in [0.1, 0.15) is 6.54 Å². The van der Waals surface area contributed by atoms with E-state index in [1.54, 1.807) is 10.9 Å². The fourth-order valence-electron chi connectivity index (χ4n) is 2.80. The number of fused-ring (bicyclic) bond motifs is 1. The minimum Gasteiger partial charge on any atom is -0.348 e. The number of hydrogen-bond acceptors (Lipinski definition) is 3. The summed E-state index contributed by atoms with van der Waals surface area (Å²) >= 11 is 0. The molecule has 2 aromatic rings. The highest BCUT2D eigenvalue weighted by Gasteiger charge is 2.24. The molecule has 0 fully saturated rings. The number of carbonyl (C=O) groups is 1. The van der Waals surface area contributed by atoms with Crippen LogP contribution in [0.4, 0.5) is 0 Å². The first-order chi connectivity index (χ1) is 9.65. The van der Waals surface area contributed by atoms with Gasteiger partial charge in [-0.05, 0) is 32.3 Å². The summed E-state index contributed by atoms with van der Waals surface area (Å²) in [5.74, 6) is -0.00139. The lowest BCUT2D eigenvalue weighted by Crippen LogP contribution is -2.33. The minimum atomic E-state index is -0.00139. The zero-order chi connectivity index (χ0) is 14.1. The Morgan fingerprint density at radius 3 is 3.10 bits per heavy atom. The normalized spacial score (nSPS) is 17.8. The molecule has 1 atom stereocenters. The van der Waals surface area contributed by atoms with Crippen LogP contribution in [0.25, 0.3) is 0 Å². The van der Waals surface area contributed by atoms with Gasteiger partial charge in [-0.15, -0.1) is 0 Å². The van der Waals surface area contributed by atoms with Gasteiger partial charge in [-0.3, -0.25) is 14.2 Å². The Hall–Kier alpha value is -2.11. The predicted octanol–water partition coefficient (Wildman–Crippen LogP) is 1.12. The molecular formula is C14H19N5O. The molecule has 0 spiro atoms. The van der Waals surface area contributed by atoms with Gasteiger partial charge in [0.05, 0.1) is 12.2 Å². The molecule has 106 valence electrons. The quantitative estimate of drug-likeness (QED) is 0.911. The molecule has 1 aliphatic rings. The van der Waals surface area contributed by atoms with Gasteiger partial charge in [-0.1, -0.05) is 0 Å². The van der Waals surface area contributed by atoms with Crippen LogP contribution in [-0.4, -0.2) is 25.5 Å². The lowest BCUT2D eigenvalue weighted by atomic mass is 9.93. The Kier molecular flexibility index (Phi) is 3.30. The van der Waals surface area contributed by atoms with E-state index in [4.69, 9.17) is 0 Å². The fraction of sp³-hybridized carbons (Fsp3) is 0.500. The highest BCUT2D eigenvalue weighted by atomic mass is 16.2. The van der Waals surface area contributed by atoms with Crippen molar-refractivity contribution < 1.29 is 4.79 Å². The average molecular weight is 273 g/mol. The molecule has 0 saturated heterocycles. The molecule has 3 rings (SSSR count). The number of nitrogens with zero attached hydrogens (tertiary/aromatic N) is 4. The van der Waals surface area contributed by atoms with E-state index in [9.17, 15) is 4.79 Å². The Morgan fingerprint density at radius 1 is 1.50 bits per heavy atom. The van der Waals surface area contributed by atoms with E-state index in [0.717, 1.165) is 30.5 Å². The Bertz CT molecular complexity index is 627. The van der Waals surface area contributed by atoms with Crippen molar-refractivity contribution in [3.8, 4) is 0 Å². The van der Waals surface area contributed by atoms with Crippen LogP contribution in [0, 0.1) is 6.92 Å². The summed E-state index contributed by atoms with van der Waals surface area (Å²) in [7, 11) is 1.95. The molecule has 6 nitrogen and oxygen atoms in total. The molecule has 1 aliphatic carbocycles. The molecule has 0 aliphatic heterocycles. The Labute approximate surface area is 117 Å². The van der Waals surface area contributed by atoms with Crippen molar-refractivity contribution >= 4 is 5.91 Å². The van der Waals surface area contributed by atoms with Crippen molar-refractivity contribution in [2.75, 3.05) is 0 Å². The van der Waals surface area contributed by atoms with Gasteiger partial charge in [-0.2, -0.15) is 10.2 Å². The Morgan fingerprint density at radius 2 is 2.35 bits per heavy atom. The number of nitrogens with one attached hydrogen (secondary N) is 1. The summed E-state index contributed by atoms with van der Waals surface area (Å²) < 4.78 is 3.62. The van der Waals surface area contributed by atoms with Crippen molar-refractivity contribution in [1.82, 2.24) is 24.9 Å². The smallest absolute Gasteiger partial charge is 0.242 e. The Balaban J connectivity index is 1.69. The van der Waals surface area contributed by atoms with Crippen molar-refractivity contribution in [3.63, 3.8) is 0 Å². The molecule has 20 heavy (non-hydrogen) atoms. The molecule has 0 unspecified atom stereocenters. The largest absolute Gasteiger partial charge is 0.348 e. The first-order valence-corrected chi connectivity index (χ1v) is 6.93. The topological polar surface area (TPSA) is 64.7 Å². The number of rotatable bonds is 3. The van der Waals surface area contributed by atoms with E-state index in [-0.39, 0.29) is 18.5 Å². The highest BCUT2D eigenvalue weighted by Crippen LogP contribution is 2.28. The SMILES string of the molecule is Cc1ccnn1CC(=O)N[C@@H]1CCCc2c1cnn2C. The van der Waals surface area contributed by atoms with Gasteiger partial charge in [0.2, 0.25) is 5.91 Å². The van der Waals surface area contributed by atoms with Crippen LogP contribution in [0.15, 0.2) is 18.5 Å². The fourth-order valence-corrected chi connectivity index (χ4v) is 2.80. The van der Waals surface area contributed by atoms with Crippen molar-refractivity contribution in [2.45, 2.75) is 38.8 Å². The lowest BCUT2D eigenvalue weighted by Gasteiger charge is -2.23. The number of aryl methyl sites for hydroxylation is 2. The summed E-state index contributed by atoms with van der Waals surface area (Å²) in [5.41, 5.74) is 3.38.